The van der Waals surface area contributed by atoms with Gasteiger partial charge in [0.2, 0.25) is 5.91 Å². The van der Waals surface area contributed by atoms with Gasteiger partial charge in [-0.2, -0.15) is 0 Å². The Hall–Kier alpha value is -1.72. The molecule has 144 valence electrons. The van der Waals surface area contributed by atoms with Crippen LogP contribution in [0, 0.1) is 6.92 Å². The quantitative estimate of drug-likeness (QED) is 0.702. The first-order valence-corrected chi connectivity index (χ1v) is 9.56. The summed E-state index contributed by atoms with van der Waals surface area (Å²) in [4.78, 5) is 31.6. The number of carbonyl (C=O) groups is 2. The second-order valence-corrected chi connectivity index (χ2v) is 7.78. The van der Waals surface area contributed by atoms with Crippen LogP contribution in [-0.2, 0) is 4.79 Å². The Kier molecular flexibility index (Phi) is 7.35. The van der Waals surface area contributed by atoms with E-state index in [-0.39, 0.29) is 18.1 Å². The molecule has 0 aromatic heterocycles. The summed E-state index contributed by atoms with van der Waals surface area (Å²) in [5.41, 5.74) is 1.71. The van der Waals surface area contributed by atoms with Gasteiger partial charge in [-0.1, -0.05) is 24.3 Å². The number of ketones is 1. The monoisotopic (exact) mass is 359 g/mol. The van der Waals surface area contributed by atoms with E-state index in [2.05, 4.69) is 37.7 Å². The topological polar surface area (TPSA) is 43.9 Å². The molecule has 5 heteroatoms. The molecule has 1 heterocycles. The van der Waals surface area contributed by atoms with Crippen molar-refractivity contribution in [1.29, 1.82) is 0 Å². The van der Waals surface area contributed by atoms with E-state index in [0.29, 0.717) is 18.5 Å². The van der Waals surface area contributed by atoms with E-state index in [9.17, 15) is 9.59 Å². The molecule has 1 saturated heterocycles. The second kappa shape index (κ2) is 9.28. The number of aryl methyl sites for hydroxylation is 1. The van der Waals surface area contributed by atoms with Gasteiger partial charge >= 0.3 is 0 Å². The normalized spacial score (nSPS) is 21.2. The van der Waals surface area contributed by atoms with E-state index in [1.54, 1.807) is 0 Å². The largest absolute Gasteiger partial charge is 0.340 e. The molecule has 2 rings (SSSR count). The molecule has 5 nitrogen and oxygen atoms in total. The van der Waals surface area contributed by atoms with Gasteiger partial charge in [0.05, 0.1) is 0 Å². The van der Waals surface area contributed by atoms with Gasteiger partial charge in [-0.3, -0.25) is 14.5 Å². The number of amides is 1. The molecule has 0 radical (unpaired) electrons. The van der Waals surface area contributed by atoms with Gasteiger partial charge in [-0.15, -0.1) is 0 Å². The van der Waals surface area contributed by atoms with Crippen molar-refractivity contribution >= 4 is 11.7 Å². The van der Waals surface area contributed by atoms with Crippen LogP contribution in [0.4, 0.5) is 0 Å². The van der Waals surface area contributed by atoms with Crippen LogP contribution >= 0.6 is 0 Å². The van der Waals surface area contributed by atoms with Crippen LogP contribution in [-0.4, -0.2) is 78.7 Å². The zero-order valence-corrected chi connectivity index (χ0v) is 16.9. The Bertz CT molecular complexity index is 617. The minimum Gasteiger partial charge on any atom is -0.340 e. The fourth-order valence-electron chi connectivity index (χ4n) is 3.72. The molecule has 0 aliphatic carbocycles. The van der Waals surface area contributed by atoms with Crippen LogP contribution in [0.3, 0.4) is 0 Å². The van der Waals surface area contributed by atoms with Crippen molar-refractivity contribution in [1.82, 2.24) is 14.7 Å². The number of hydrogen-bond acceptors (Lipinski definition) is 4. The molecular formula is C21H33N3O2. The van der Waals surface area contributed by atoms with Crippen LogP contribution in [0.2, 0.25) is 0 Å². The van der Waals surface area contributed by atoms with Crippen molar-refractivity contribution in [2.75, 3.05) is 40.3 Å². The zero-order chi connectivity index (χ0) is 19.3. The molecule has 0 saturated carbocycles. The van der Waals surface area contributed by atoms with Crippen molar-refractivity contribution in [2.24, 2.45) is 0 Å². The minimum absolute atomic E-state index is 0.0576. The fourth-order valence-corrected chi connectivity index (χ4v) is 3.72. The molecule has 26 heavy (non-hydrogen) atoms. The standard InChI is InChI=1S/C21H33N3O2/c1-16-8-6-7-9-19(16)20(25)10-11-21(26)23-14-17(2)24(18(3)15-23)13-12-22(4)5/h6-9,17-18H,10-15H2,1-5H3. The number of rotatable bonds is 7. The van der Waals surface area contributed by atoms with Crippen LogP contribution in [0.15, 0.2) is 24.3 Å². The van der Waals surface area contributed by atoms with E-state index in [4.69, 9.17) is 0 Å². The Morgan fingerprint density at radius 3 is 2.27 bits per heavy atom. The van der Waals surface area contributed by atoms with E-state index >= 15 is 0 Å². The van der Waals surface area contributed by atoms with Crippen molar-refractivity contribution in [2.45, 2.75) is 45.7 Å². The zero-order valence-electron chi connectivity index (χ0n) is 16.9. The number of benzene rings is 1. The molecule has 1 aromatic carbocycles. The molecule has 2 atom stereocenters. The molecule has 0 N–H and O–H groups in total. The third-order valence-corrected chi connectivity index (χ3v) is 5.27. The van der Waals surface area contributed by atoms with Crippen LogP contribution in [0.5, 0.6) is 0 Å². The lowest BCUT2D eigenvalue weighted by Crippen LogP contribution is -2.59. The third-order valence-electron chi connectivity index (χ3n) is 5.27. The minimum atomic E-state index is 0.0576. The summed E-state index contributed by atoms with van der Waals surface area (Å²) in [6.07, 6.45) is 0.581. The van der Waals surface area contributed by atoms with Gasteiger partial charge in [-0.05, 0) is 40.4 Å². The van der Waals surface area contributed by atoms with Gasteiger partial charge in [0.15, 0.2) is 5.78 Å². The van der Waals surface area contributed by atoms with Gasteiger partial charge in [0.1, 0.15) is 0 Å². The fraction of sp³-hybridized carbons (Fsp3) is 0.619. The smallest absolute Gasteiger partial charge is 0.223 e. The summed E-state index contributed by atoms with van der Waals surface area (Å²) in [5, 5.41) is 0. The van der Waals surface area contributed by atoms with E-state index in [1.165, 1.54) is 0 Å². The van der Waals surface area contributed by atoms with Crippen LogP contribution < -0.4 is 0 Å². The first kappa shape index (κ1) is 20.6. The predicted molar refractivity (Wildman–Crippen MR) is 106 cm³/mol. The van der Waals surface area contributed by atoms with E-state index < -0.39 is 0 Å². The Balaban J connectivity index is 1.87. The highest BCUT2D eigenvalue weighted by Gasteiger charge is 2.31. The average molecular weight is 360 g/mol. The number of carbonyl (C=O) groups excluding carboxylic acids is 2. The molecular weight excluding hydrogens is 326 g/mol. The van der Waals surface area contributed by atoms with E-state index in [0.717, 1.165) is 37.3 Å². The molecule has 2 unspecified atom stereocenters. The number of piperazine rings is 1. The average Bonchev–Trinajstić information content (AvgIpc) is 2.58. The number of nitrogens with zero attached hydrogens (tertiary/aromatic N) is 3. The highest BCUT2D eigenvalue weighted by atomic mass is 16.2. The summed E-state index contributed by atoms with van der Waals surface area (Å²) >= 11 is 0. The summed E-state index contributed by atoms with van der Waals surface area (Å²) in [6.45, 7) is 9.83. The van der Waals surface area contributed by atoms with Gasteiger partial charge < -0.3 is 9.80 Å². The Morgan fingerprint density at radius 2 is 1.69 bits per heavy atom. The molecule has 0 bridgehead atoms. The lowest BCUT2D eigenvalue weighted by atomic mass is 10.0. The maximum Gasteiger partial charge on any atom is 0.223 e. The number of Topliss-reactive ketones (excluding diaryl/α,β-unsaturated/α-hetero) is 1. The molecule has 1 fully saturated rings. The molecule has 1 aliphatic heterocycles. The molecule has 1 amide bonds. The maximum atomic E-state index is 12.6. The van der Waals surface area contributed by atoms with Crippen molar-refractivity contribution in [3.63, 3.8) is 0 Å². The third kappa shape index (κ3) is 5.39. The number of hydrogen-bond donors (Lipinski definition) is 0. The lowest BCUT2D eigenvalue weighted by molar-refractivity contribution is -0.135. The molecule has 1 aliphatic rings. The molecule has 0 spiro atoms. The predicted octanol–water partition coefficient (Wildman–Crippen LogP) is 2.44. The van der Waals surface area contributed by atoms with Gasteiger partial charge in [0.25, 0.3) is 0 Å². The highest BCUT2D eigenvalue weighted by molar-refractivity contribution is 5.99. The second-order valence-electron chi connectivity index (χ2n) is 7.78. The summed E-state index contributed by atoms with van der Waals surface area (Å²) in [5.74, 6) is 0.153. The summed E-state index contributed by atoms with van der Waals surface area (Å²) in [6, 6.07) is 8.26. The first-order valence-electron chi connectivity index (χ1n) is 9.56. The van der Waals surface area contributed by atoms with Crippen LogP contribution in [0.25, 0.3) is 0 Å². The van der Waals surface area contributed by atoms with Gasteiger partial charge in [-0.25, -0.2) is 0 Å². The highest BCUT2D eigenvalue weighted by Crippen LogP contribution is 2.18. The van der Waals surface area contributed by atoms with Gasteiger partial charge in [0, 0.05) is 56.7 Å². The van der Waals surface area contributed by atoms with Crippen molar-refractivity contribution in [3.8, 4) is 0 Å². The maximum absolute atomic E-state index is 12.6. The Labute approximate surface area is 158 Å². The SMILES string of the molecule is Cc1ccccc1C(=O)CCC(=O)N1CC(C)N(CCN(C)C)C(C)C1. The van der Waals surface area contributed by atoms with Crippen molar-refractivity contribution < 1.29 is 9.59 Å². The summed E-state index contributed by atoms with van der Waals surface area (Å²) < 4.78 is 0. The number of likely N-dealkylation sites (N-methyl/N-ethyl adjacent to an activating group) is 1. The Morgan fingerprint density at radius 1 is 1.08 bits per heavy atom. The van der Waals surface area contributed by atoms with Crippen LogP contribution in [0.1, 0.15) is 42.6 Å². The summed E-state index contributed by atoms with van der Waals surface area (Å²) in [7, 11) is 4.17. The molecule has 1 aromatic rings. The van der Waals surface area contributed by atoms with Crippen molar-refractivity contribution in [3.05, 3.63) is 35.4 Å². The lowest BCUT2D eigenvalue weighted by Gasteiger charge is -2.44. The van der Waals surface area contributed by atoms with E-state index in [1.807, 2.05) is 36.1 Å². The first-order chi connectivity index (χ1) is 12.3.